The van der Waals surface area contributed by atoms with Crippen LogP contribution in [0.5, 0.6) is 0 Å². The zero-order valence-electron chi connectivity index (χ0n) is 17.8. The summed E-state index contributed by atoms with van der Waals surface area (Å²) < 4.78 is 0.915. The Hall–Kier alpha value is -2.44. The van der Waals surface area contributed by atoms with Crippen molar-refractivity contribution < 1.29 is 14.7 Å². The Kier molecular flexibility index (Phi) is 6.78. The first kappa shape index (κ1) is 22.2. The number of carbonyl (C=O) groups is 2. The molecule has 1 unspecified atom stereocenters. The lowest BCUT2D eigenvalue weighted by Crippen LogP contribution is -2.32. The van der Waals surface area contributed by atoms with Gasteiger partial charge in [0, 0.05) is 16.6 Å². The normalized spacial score (nSPS) is 18.5. The number of aryl methyl sites for hydroxylation is 2. The van der Waals surface area contributed by atoms with E-state index in [9.17, 15) is 14.7 Å². The molecular weight excluding hydrogens is 444 g/mol. The maximum absolute atomic E-state index is 13.0. The average molecular weight is 471 g/mol. The molecule has 1 saturated heterocycles. The van der Waals surface area contributed by atoms with Gasteiger partial charge >= 0.3 is 0 Å². The van der Waals surface area contributed by atoms with E-state index in [2.05, 4.69) is 15.9 Å². The second-order valence-corrected chi connectivity index (χ2v) is 8.88. The number of hydrogen-bond donors (Lipinski definition) is 1. The molecule has 0 aromatic heterocycles. The van der Waals surface area contributed by atoms with Crippen molar-refractivity contribution >= 4 is 33.4 Å². The van der Waals surface area contributed by atoms with Gasteiger partial charge in [0.05, 0.1) is 11.6 Å². The number of carbonyl (C=O) groups excluding carboxylic acids is 2. The molecule has 0 saturated carbocycles. The summed E-state index contributed by atoms with van der Waals surface area (Å²) in [6.45, 7) is 5.13. The van der Waals surface area contributed by atoms with E-state index in [-0.39, 0.29) is 11.3 Å². The second-order valence-electron chi connectivity index (χ2n) is 8.03. The first-order chi connectivity index (χ1) is 14.2. The molecule has 0 spiro atoms. The lowest BCUT2D eigenvalue weighted by atomic mass is 9.94. The number of benzene rings is 2. The van der Waals surface area contributed by atoms with Crippen LogP contribution in [0.15, 0.2) is 52.5 Å². The van der Waals surface area contributed by atoms with E-state index in [4.69, 9.17) is 0 Å². The van der Waals surface area contributed by atoms with E-state index in [0.29, 0.717) is 12.1 Å². The van der Waals surface area contributed by atoms with Gasteiger partial charge in [0.25, 0.3) is 11.7 Å². The molecule has 6 heteroatoms. The van der Waals surface area contributed by atoms with Crippen LogP contribution >= 0.6 is 15.9 Å². The van der Waals surface area contributed by atoms with Crippen molar-refractivity contribution in [1.82, 2.24) is 9.80 Å². The first-order valence-corrected chi connectivity index (χ1v) is 10.8. The van der Waals surface area contributed by atoms with Crippen molar-refractivity contribution in [2.75, 3.05) is 27.2 Å². The molecule has 5 nitrogen and oxygen atoms in total. The molecule has 1 aliphatic heterocycles. The Bertz CT molecular complexity index is 1010. The number of aliphatic hydroxyl groups excluding tert-OH is 1. The number of ketones is 1. The molecule has 0 bridgehead atoms. The van der Waals surface area contributed by atoms with Crippen LogP contribution in [0.2, 0.25) is 0 Å². The van der Waals surface area contributed by atoms with Crippen molar-refractivity contribution in [3.63, 3.8) is 0 Å². The minimum absolute atomic E-state index is 0.134. The smallest absolute Gasteiger partial charge is 0.295 e. The standard InChI is InChI=1S/C24H27BrN2O3/c1-15-7-5-8-17(13-15)21-20(22(28)18-9-10-19(25)16(2)14-18)23(29)24(30)27(21)12-6-11-26(3)4/h5,7-10,13-14,21,28H,6,11-12H2,1-4H3/b22-20-. The summed E-state index contributed by atoms with van der Waals surface area (Å²) in [6, 6.07) is 12.5. The van der Waals surface area contributed by atoms with Gasteiger partial charge < -0.3 is 14.9 Å². The Balaban J connectivity index is 2.12. The van der Waals surface area contributed by atoms with Crippen molar-refractivity contribution in [1.29, 1.82) is 0 Å². The number of aliphatic hydroxyl groups is 1. The molecule has 1 aliphatic rings. The average Bonchev–Trinajstić information content (AvgIpc) is 2.94. The molecule has 30 heavy (non-hydrogen) atoms. The molecule has 0 aliphatic carbocycles. The van der Waals surface area contributed by atoms with Crippen LogP contribution in [0.25, 0.3) is 5.76 Å². The molecule has 2 aromatic carbocycles. The van der Waals surface area contributed by atoms with Crippen molar-refractivity contribution in [2.24, 2.45) is 0 Å². The van der Waals surface area contributed by atoms with Crippen molar-refractivity contribution in [3.8, 4) is 0 Å². The molecular formula is C24H27BrN2O3. The van der Waals surface area contributed by atoms with Crippen LogP contribution in [0, 0.1) is 13.8 Å². The molecule has 0 radical (unpaired) electrons. The van der Waals surface area contributed by atoms with Gasteiger partial charge in [-0.05, 0) is 64.2 Å². The van der Waals surface area contributed by atoms with E-state index in [1.807, 2.05) is 69.2 Å². The SMILES string of the molecule is Cc1cccc(C2/C(=C(/O)c3ccc(Br)c(C)c3)C(=O)C(=O)N2CCCN(C)C)c1. The fraction of sp³-hybridized carbons (Fsp3) is 0.333. The van der Waals surface area contributed by atoms with Crippen LogP contribution in [0.1, 0.15) is 34.7 Å². The summed E-state index contributed by atoms with van der Waals surface area (Å²) in [7, 11) is 3.95. The third kappa shape index (κ3) is 4.50. The van der Waals surface area contributed by atoms with Gasteiger partial charge in [-0.2, -0.15) is 0 Å². The van der Waals surface area contributed by atoms with E-state index in [0.717, 1.165) is 34.1 Å². The number of rotatable bonds is 6. The monoisotopic (exact) mass is 470 g/mol. The highest BCUT2D eigenvalue weighted by Gasteiger charge is 2.45. The van der Waals surface area contributed by atoms with E-state index >= 15 is 0 Å². The summed E-state index contributed by atoms with van der Waals surface area (Å²) in [5.41, 5.74) is 3.48. The molecule has 1 heterocycles. The number of amides is 1. The fourth-order valence-corrected chi connectivity index (χ4v) is 4.05. The highest BCUT2D eigenvalue weighted by molar-refractivity contribution is 9.10. The van der Waals surface area contributed by atoms with E-state index in [1.54, 1.807) is 11.0 Å². The van der Waals surface area contributed by atoms with Crippen molar-refractivity contribution in [3.05, 3.63) is 74.8 Å². The summed E-state index contributed by atoms with van der Waals surface area (Å²) in [6.07, 6.45) is 0.736. The van der Waals surface area contributed by atoms with E-state index in [1.165, 1.54) is 0 Å². The number of likely N-dealkylation sites (tertiary alicyclic amines) is 1. The quantitative estimate of drug-likeness (QED) is 0.385. The zero-order chi connectivity index (χ0) is 22.0. The maximum atomic E-state index is 13.0. The van der Waals surface area contributed by atoms with Crippen molar-refractivity contribution in [2.45, 2.75) is 26.3 Å². The van der Waals surface area contributed by atoms with Gasteiger partial charge in [-0.15, -0.1) is 0 Å². The number of Topliss-reactive ketones (excluding diaryl/α,β-unsaturated/α-hetero) is 1. The maximum Gasteiger partial charge on any atom is 0.295 e. The molecule has 3 rings (SSSR count). The Morgan fingerprint density at radius 2 is 1.87 bits per heavy atom. The molecule has 1 amide bonds. The summed E-state index contributed by atoms with van der Waals surface area (Å²) in [4.78, 5) is 29.6. The number of nitrogens with zero attached hydrogens (tertiary/aromatic N) is 2. The van der Waals surface area contributed by atoms with Crippen LogP contribution < -0.4 is 0 Å². The van der Waals surface area contributed by atoms with Crippen LogP contribution in [-0.4, -0.2) is 53.8 Å². The predicted molar refractivity (Wildman–Crippen MR) is 122 cm³/mol. The van der Waals surface area contributed by atoms with Gasteiger partial charge in [-0.25, -0.2) is 0 Å². The Morgan fingerprint density at radius 1 is 1.13 bits per heavy atom. The summed E-state index contributed by atoms with van der Waals surface area (Å²) in [5, 5.41) is 11.1. The van der Waals surface area contributed by atoms with Crippen LogP contribution in [0.3, 0.4) is 0 Å². The Labute approximate surface area is 186 Å². The molecule has 158 valence electrons. The van der Waals surface area contributed by atoms with E-state index < -0.39 is 17.7 Å². The highest BCUT2D eigenvalue weighted by Crippen LogP contribution is 2.40. The number of halogens is 1. The van der Waals surface area contributed by atoms with Crippen LogP contribution in [0.4, 0.5) is 0 Å². The van der Waals surface area contributed by atoms with Gasteiger partial charge in [-0.3, -0.25) is 9.59 Å². The second kappa shape index (κ2) is 9.14. The largest absolute Gasteiger partial charge is 0.507 e. The topological polar surface area (TPSA) is 60.9 Å². The molecule has 2 aromatic rings. The minimum atomic E-state index is -0.635. The van der Waals surface area contributed by atoms with Gasteiger partial charge in [0.2, 0.25) is 0 Å². The molecule has 1 atom stereocenters. The summed E-state index contributed by atoms with van der Waals surface area (Å²) in [5.74, 6) is -1.33. The number of hydrogen-bond acceptors (Lipinski definition) is 4. The lowest BCUT2D eigenvalue weighted by Gasteiger charge is -2.26. The third-order valence-corrected chi connectivity index (χ3v) is 6.22. The molecule has 1 fully saturated rings. The van der Waals surface area contributed by atoms with Gasteiger partial charge in [0.15, 0.2) is 0 Å². The lowest BCUT2D eigenvalue weighted by molar-refractivity contribution is -0.139. The van der Waals surface area contributed by atoms with Crippen LogP contribution in [-0.2, 0) is 9.59 Å². The Morgan fingerprint density at radius 3 is 2.50 bits per heavy atom. The summed E-state index contributed by atoms with van der Waals surface area (Å²) >= 11 is 3.46. The fourth-order valence-electron chi connectivity index (χ4n) is 3.80. The third-order valence-electron chi connectivity index (χ3n) is 5.33. The zero-order valence-corrected chi connectivity index (χ0v) is 19.4. The predicted octanol–water partition coefficient (Wildman–Crippen LogP) is 4.44. The highest BCUT2D eigenvalue weighted by atomic mass is 79.9. The first-order valence-electron chi connectivity index (χ1n) is 9.97. The minimum Gasteiger partial charge on any atom is -0.507 e. The van der Waals surface area contributed by atoms with Gasteiger partial charge in [-0.1, -0.05) is 51.8 Å². The molecule has 1 N–H and O–H groups in total. The van der Waals surface area contributed by atoms with Gasteiger partial charge in [0.1, 0.15) is 5.76 Å².